The van der Waals surface area contributed by atoms with Crippen LogP contribution in [0.15, 0.2) is 29.2 Å². The molecule has 1 aromatic heterocycles. The Bertz CT molecular complexity index is 1340. The molecule has 0 radical (unpaired) electrons. The van der Waals surface area contributed by atoms with Crippen molar-refractivity contribution in [2.75, 3.05) is 13.1 Å². The van der Waals surface area contributed by atoms with Crippen LogP contribution in [0.3, 0.4) is 0 Å². The lowest BCUT2D eigenvalue weighted by Crippen LogP contribution is -2.43. The standard InChI is InChI=1S/C21H18F9N3O3S/c1-11-8-16(20(25,26)27)31-33(11)12-2-3-15(14(9-12)19(22,23)24)37(35,36)13-4-7-32(10-13)17(34)18(5-6-18)21(28,29)30/h2-3,8-9,13H,4-7,10H2,1H3. The molecular weight excluding hydrogens is 545 g/mol. The molecule has 1 atom stereocenters. The summed E-state index contributed by atoms with van der Waals surface area (Å²) in [4.78, 5) is 12.0. The molecule has 1 aromatic carbocycles. The number of benzene rings is 1. The van der Waals surface area contributed by atoms with E-state index in [9.17, 15) is 52.7 Å². The summed E-state index contributed by atoms with van der Waals surface area (Å²) in [5.74, 6) is -1.31. The number of aromatic nitrogens is 2. The molecule has 2 aliphatic rings. The van der Waals surface area contributed by atoms with Gasteiger partial charge in [-0.15, -0.1) is 0 Å². The molecule has 204 valence electrons. The zero-order valence-electron chi connectivity index (χ0n) is 18.8. The lowest BCUT2D eigenvalue weighted by atomic mass is 10.1. The third-order valence-electron chi connectivity index (χ3n) is 6.57. The molecule has 2 aromatic rings. The van der Waals surface area contributed by atoms with Gasteiger partial charge < -0.3 is 4.90 Å². The number of halogens is 9. The number of sulfone groups is 1. The molecule has 0 bridgehead atoms. The van der Waals surface area contributed by atoms with Gasteiger partial charge >= 0.3 is 18.5 Å². The van der Waals surface area contributed by atoms with Gasteiger partial charge in [0, 0.05) is 18.8 Å². The molecule has 37 heavy (non-hydrogen) atoms. The summed E-state index contributed by atoms with van der Waals surface area (Å²) in [6.45, 7) is 0.0653. The molecule has 6 nitrogen and oxygen atoms in total. The summed E-state index contributed by atoms with van der Waals surface area (Å²) in [5.41, 5.74) is -6.28. The van der Waals surface area contributed by atoms with E-state index in [2.05, 4.69) is 5.10 Å². The quantitative estimate of drug-likeness (QED) is 0.495. The van der Waals surface area contributed by atoms with E-state index in [4.69, 9.17) is 0 Å². The van der Waals surface area contributed by atoms with E-state index >= 15 is 0 Å². The lowest BCUT2D eigenvalue weighted by molar-refractivity contribution is -0.197. The van der Waals surface area contributed by atoms with E-state index in [1.54, 1.807) is 0 Å². The van der Waals surface area contributed by atoms with Crippen LogP contribution >= 0.6 is 0 Å². The van der Waals surface area contributed by atoms with E-state index < -0.39 is 86.2 Å². The average Bonchev–Trinajstić information content (AvgIpc) is 3.26. The maximum absolute atomic E-state index is 13.9. The lowest BCUT2D eigenvalue weighted by Gasteiger charge is -2.25. The molecular formula is C21H18F9N3O3S. The minimum absolute atomic E-state index is 0.167. The monoisotopic (exact) mass is 563 g/mol. The van der Waals surface area contributed by atoms with Crippen LogP contribution in [0.5, 0.6) is 0 Å². The van der Waals surface area contributed by atoms with Crippen molar-refractivity contribution >= 4 is 15.7 Å². The van der Waals surface area contributed by atoms with Crippen molar-refractivity contribution in [3.05, 3.63) is 41.2 Å². The van der Waals surface area contributed by atoms with Gasteiger partial charge in [0.15, 0.2) is 15.5 Å². The smallest absolute Gasteiger partial charge is 0.341 e. The van der Waals surface area contributed by atoms with Crippen molar-refractivity contribution in [1.82, 2.24) is 14.7 Å². The Balaban J connectivity index is 1.67. The zero-order chi connectivity index (χ0) is 27.8. The Labute approximate surface area is 203 Å². The average molecular weight is 563 g/mol. The number of hydrogen-bond acceptors (Lipinski definition) is 4. The molecule has 0 spiro atoms. The molecule has 1 aliphatic heterocycles. The van der Waals surface area contributed by atoms with Crippen LogP contribution in [0.4, 0.5) is 39.5 Å². The van der Waals surface area contributed by atoms with Crippen LogP contribution in [0.25, 0.3) is 5.69 Å². The number of amides is 1. The first-order chi connectivity index (χ1) is 16.8. The number of carbonyl (C=O) groups excluding carboxylic acids is 1. The molecule has 2 heterocycles. The van der Waals surface area contributed by atoms with Crippen LogP contribution < -0.4 is 0 Å². The van der Waals surface area contributed by atoms with Gasteiger partial charge in [-0.05, 0) is 50.5 Å². The summed E-state index contributed by atoms with van der Waals surface area (Å²) in [6.07, 6.45) is -16.2. The van der Waals surface area contributed by atoms with Crippen LogP contribution in [0.1, 0.15) is 36.2 Å². The Hall–Kier alpha value is -2.78. The number of carbonyl (C=O) groups is 1. The summed E-state index contributed by atoms with van der Waals surface area (Å²) in [6, 6.07) is 2.37. The predicted molar refractivity (Wildman–Crippen MR) is 108 cm³/mol. The van der Waals surface area contributed by atoms with Crippen molar-refractivity contribution in [3.63, 3.8) is 0 Å². The maximum Gasteiger partial charge on any atom is 0.435 e. The van der Waals surface area contributed by atoms with Crippen LogP contribution in [0, 0.1) is 12.3 Å². The summed E-state index contributed by atoms with van der Waals surface area (Å²) in [7, 11) is -4.81. The first-order valence-electron chi connectivity index (χ1n) is 10.7. The Morgan fingerprint density at radius 1 is 1.00 bits per heavy atom. The number of rotatable bonds is 4. The topological polar surface area (TPSA) is 72.3 Å². The molecule has 1 aliphatic carbocycles. The second-order valence-electron chi connectivity index (χ2n) is 9.05. The molecule has 0 N–H and O–H groups in total. The second kappa shape index (κ2) is 8.36. The van der Waals surface area contributed by atoms with E-state index in [1.165, 1.54) is 0 Å². The second-order valence-corrected chi connectivity index (χ2v) is 11.2. The third kappa shape index (κ3) is 4.68. The van der Waals surface area contributed by atoms with Crippen LogP contribution in [-0.2, 0) is 27.0 Å². The van der Waals surface area contributed by atoms with Gasteiger partial charge in [-0.1, -0.05) is 0 Å². The molecule has 16 heteroatoms. The van der Waals surface area contributed by atoms with Crippen molar-refractivity contribution < 1.29 is 52.7 Å². The molecule has 1 amide bonds. The number of likely N-dealkylation sites (tertiary alicyclic amines) is 1. The molecule has 1 unspecified atom stereocenters. The van der Waals surface area contributed by atoms with Crippen LogP contribution in [0.2, 0.25) is 0 Å². The minimum atomic E-state index is -5.26. The Morgan fingerprint density at radius 2 is 1.62 bits per heavy atom. The summed E-state index contributed by atoms with van der Waals surface area (Å²) in [5, 5.41) is 1.66. The highest BCUT2D eigenvalue weighted by atomic mass is 32.2. The fraction of sp³-hybridized carbons (Fsp3) is 0.524. The van der Waals surface area contributed by atoms with E-state index in [-0.39, 0.29) is 18.7 Å². The molecule has 1 saturated carbocycles. The van der Waals surface area contributed by atoms with Crippen molar-refractivity contribution in [2.45, 2.75) is 54.9 Å². The van der Waals surface area contributed by atoms with E-state index in [0.29, 0.717) is 27.8 Å². The highest BCUT2D eigenvalue weighted by Crippen LogP contribution is 2.59. The highest BCUT2D eigenvalue weighted by Gasteiger charge is 2.69. The summed E-state index contributed by atoms with van der Waals surface area (Å²) >= 11 is 0. The highest BCUT2D eigenvalue weighted by molar-refractivity contribution is 7.92. The van der Waals surface area contributed by atoms with Crippen molar-refractivity contribution in [1.29, 1.82) is 0 Å². The van der Waals surface area contributed by atoms with Gasteiger partial charge in [-0.2, -0.15) is 44.6 Å². The van der Waals surface area contributed by atoms with Gasteiger partial charge in [-0.25, -0.2) is 13.1 Å². The third-order valence-corrected chi connectivity index (χ3v) is 8.80. The summed E-state index contributed by atoms with van der Waals surface area (Å²) < 4.78 is 147. The van der Waals surface area contributed by atoms with E-state index in [1.807, 2.05) is 0 Å². The van der Waals surface area contributed by atoms with Crippen molar-refractivity contribution in [3.8, 4) is 5.69 Å². The zero-order valence-corrected chi connectivity index (χ0v) is 19.6. The number of alkyl halides is 9. The largest absolute Gasteiger partial charge is 0.435 e. The van der Waals surface area contributed by atoms with Crippen LogP contribution in [-0.4, -0.2) is 53.5 Å². The van der Waals surface area contributed by atoms with Gasteiger partial charge in [0.1, 0.15) is 5.41 Å². The predicted octanol–water partition coefficient (Wildman–Crippen LogP) is 4.94. The van der Waals surface area contributed by atoms with Gasteiger partial charge in [0.2, 0.25) is 5.91 Å². The van der Waals surface area contributed by atoms with Gasteiger partial charge in [-0.3, -0.25) is 4.79 Å². The van der Waals surface area contributed by atoms with E-state index in [0.717, 1.165) is 13.0 Å². The SMILES string of the molecule is Cc1cc(C(F)(F)F)nn1-c1ccc(S(=O)(=O)C2CCN(C(=O)C3(C(F)(F)F)CC3)C2)c(C(F)(F)F)c1. The normalized spacial score (nSPS) is 20.4. The maximum atomic E-state index is 13.9. The fourth-order valence-electron chi connectivity index (χ4n) is 4.39. The number of hydrogen-bond donors (Lipinski definition) is 0. The molecule has 4 rings (SSSR count). The fourth-order valence-corrected chi connectivity index (χ4v) is 6.28. The first kappa shape index (κ1) is 27.3. The van der Waals surface area contributed by atoms with Crippen molar-refractivity contribution in [2.24, 2.45) is 5.41 Å². The van der Waals surface area contributed by atoms with Gasteiger partial charge in [0.05, 0.1) is 21.4 Å². The number of aryl methyl sites for hydroxylation is 1. The Morgan fingerprint density at radius 3 is 2.11 bits per heavy atom. The first-order valence-corrected chi connectivity index (χ1v) is 12.3. The number of nitrogens with zero attached hydrogens (tertiary/aromatic N) is 3. The van der Waals surface area contributed by atoms with Gasteiger partial charge in [0.25, 0.3) is 0 Å². The minimum Gasteiger partial charge on any atom is -0.341 e. The Kier molecular flexibility index (Phi) is 6.16. The molecule has 2 fully saturated rings. The molecule has 1 saturated heterocycles.